The lowest BCUT2D eigenvalue weighted by molar-refractivity contribution is 0.314. The molecule has 5 nitrogen and oxygen atoms in total. The first-order valence-electron chi connectivity index (χ1n) is 6.80. The fourth-order valence-corrected chi connectivity index (χ4v) is 2.74. The molecule has 0 saturated carbocycles. The van der Waals surface area contributed by atoms with Gasteiger partial charge in [0.15, 0.2) is 0 Å². The van der Waals surface area contributed by atoms with Crippen LogP contribution in [0.5, 0.6) is 0 Å². The molecular formula is C15H17N3O2. The van der Waals surface area contributed by atoms with Gasteiger partial charge in [-0.25, -0.2) is 4.79 Å². The Morgan fingerprint density at radius 2 is 1.95 bits per heavy atom. The third-order valence-corrected chi connectivity index (χ3v) is 3.74. The zero-order chi connectivity index (χ0) is 13.9. The third kappa shape index (κ3) is 2.72. The summed E-state index contributed by atoms with van der Waals surface area (Å²) >= 11 is 0. The van der Waals surface area contributed by atoms with Gasteiger partial charge < -0.3 is 0 Å². The number of nitrogens with one attached hydrogen (secondary N) is 1. The number of hydrogen-bond donors (Lipinski definition) is 1. The summed E-state index contributed by atoms with van der Waals surface area (Å²) in [7, 11) is 0. The zero-order valence-electron chi connectivity index (χ0n) is 11.2. The highest BCUT2D eigenvalue weighted by atomic mass is 16.2. The van der Waals surface area contributed by atoms with E-state index in [-0.39, 0.29) is 17.3 Å². The van der Waals surface area contributed by atoms with Crippen molar-refractivity contribution in [3.05, 3.63) is 69.0 Å². The third-order valence-electron chi connectivity index (χ3n) is 3.74. The highest BCUT2D eigenvalue weighted by Crippen LogP contribution is 2.21. The molecule has 1 N–H and O–H groups in total. The lowest BCUT2D eigenvalue weighted by Gasteiger charge is -2.17. The highest BCUT2D eigenvalue weighted by Gasteiger charge is 2.24. The number of benzene rings is 1. The molecule has 0 amide bonds. The molecule has 1 atom stereocenters. The Balaban J connectivity index is 1.70. The molecular weight excluding hydrogens is 254 g/mol. The summed E-state index contributed by atoms with van der Waals surface area (Å²) < 4.78 is 1.63. The van der Waals surface area contributed by atoms with Crippen molar-refractivity contribution < 1.29 is 0 Å². The lowest BCUT2D eigenvalue weighted by Crippen LogP contribution is -2.32. The Kier molecular flexibility index (Phi) is 3.52. The summed E-state index contributed by atoms with van der Waals surface area (Å²) in [6.45, 7) is 2.70. The summed E-state index contributed by atoms with van der Waals surface area (Å²) in [5.74, 6) is 0. The molecule has 1 aliphatic heterocycles. The van der Waals surface area contributed by atoms with Gasteiger partial charge in [0.25, 0.3) is 5.56 Å². The first-order valence-corrected chi connectivity index (χ1v) is 6.80. The molecule has 0 spiro atoms. The predicted molar refractivity (Wildman–Crippen MR) is 76.7 cm³/mol. The molecule has 1 aliphatic rings. The van der Waals surface area contributed by atoms with Gasteiger partial charge in [-0.3, -0.25) is 19.2 Å². The van der Waals surface area contributed by atoms with Crippen molar-refractivity contribution in [2.24, 2.45) is 0 Å². The van der Waals surface area contributed by atoms with Crippen molar-refractivity contribution in [3.63, 3.8) is 0 Å². The maximum Gasteiger partial charge on any atom is 0.328 e. The Hall–Kier alpha value is -2.14. The van der Waals surface area contributed by atoms with Gasteiger partial charge in [-0.2, -0.15) is 0 Å². The molecule has 0 radical (unpaired) electrons. The molecule has 5 heteroatoms. The average molecular weight is 271 g/mol. The van der Waals surface area contributed by atoms with Gasteiger partial charge in [0.1, 0.15) is 0 Å². The summed E-state index contributed by atoms with van der Waals surface area (Å²) in [4.78, 5) is 27.5. The van der Waals surface area contributed by atoms with Crippen molar-refractivity contribution in [2.45, 2.75) is 19.0 Å². The number of aromatic amines is 1. The minimum atomic E-state index is -0.342. The minimum absolute atomic E-state index is 0.142. The van der Waals surface area contributed by atoms with Crippen molar-refractivity contribution in [3.8, 4) is 0 Å². The Morgan fingerprint density at radius 1 is 1.15 bits per heavy atom. The fraction of sp³-hybridized carbons (Fsp3) is 0.333. The van der Waals surface area contributed by atoms with Crippen LogP contribution in [0, 0.1) is 0 Å². The van der Waals surface area contributed by atoms with Gasteiger partial charge in [-0.1, -0.05) is 30.3 Å². The largest absolute Gasteiger partial charge is 0.328 e. The van der Waals surface area contributed by atoms with Crippen LogP contribution in [0.1, 0.15) is 18.0 Å². The van der Waals surface area contributed by atoms with Crippen molar-refractivity contribution in [1.82, 2.24) is 14.5 Å². The number of rotatable bonds is 3. The minimum Gasteiger partial charge on any atom is -0.297 e. The Bertz CT molecular complexity index is 690. The maximum absolute atomic E-state index is 11.8. The molecule has 3 rings (SSSR count). The number of likely N-dealkylation sites (tertiary alicyclic amines) is 1. The molecule has 20 heavy (non-hydrogen) atoms. The number of nitrogens with zero attached hydrogens (tertiary/aromatic N) is 2. The van der Waals surface area contributed by atoms with Crippen LogP contribution < -0.4 is 11.2 Å². The second-order valence-corrected chi connectivity index (χ2v) is 5.18. The van der Waals surface area contributed by atoms with E-state index in [0.29, 0.717) is 0 Å². The summed E-state index contributed by atoms with van der Waals surface area (Å²) in [6, 6.07) is 11.9. The van der Waals surface area contributed by atoms with Gasteiger partial charge in [-0.05, 0) is 12.0 Å². The standard InChI is InChI=1S/C15H17N3O2/c19-14-7-9-18(15(20)16-14)13-6-8-17(11-13)10-12-4-2-1-3-5-12/h1-5,7,9,13H,6,8,10-11H2,(H,16,19,20)/t13-/m1/s1. The van der Waals surface area contributed by atoms with Gasteiger partial charge >= 0.3 is 5.69 Å². The van der Waals surface area contributed by atoms with Crippen molar-refractivity contribution in [1.29, 1.82) is 0 Å². The SMILES string of the molecule is O=c1ccn([C@@H]2CCN(Cc3ccccc3)C2)c(=O)[nH]1. The summed E-state index contributed by atoms with van der Waals surface area (Å²) in [5, 5.41) is 0. The van der Waals surface area contributed by atoms with Crippen LogP contribution in [0.2, 0.25) is 0 Å². The maximum atomic E-state index is 11.8. The summed E-state index contributed by atoms with van der Waals surface area (Å²) in [5.41, 5.74) is 0.622. The molecule has 2 heterocycles. The first kappa shape index (κ1) is 12.9. The van der Waals surface area contributed by atoms with E-state index < -0.39 is 0 Å². The van der Waals surface area contributed by atoms with Gasteiger partial charge in [0.2, 0.25) is 0 Å². The second-order valence-electron chi connectivity index (χ2n) is 5.18. The van der Waals surface area contributed by atoms with E-state index in [2.05, 4.69) is 22.0 Å². The van der Waals surface area contributed by atoms with E-state index in [0.717, 1.165) is 26.1 Å². The quantitative estimate of drug-likeness (QED) is 0.905. The topological polar surface area (TPSA) is 58.1 Å². The molecule has 0 unspecified atom stereocenters. The van der Waals surface area contributed by atoms with Crippen LogP contribution in [-0.2, 0) is 6.54 Å². The summed E-state index contributed by atoms with van der Waals surface area (Å²) in [6.07, 6.45) is 2.52. The van der Waals surface area contributed by atoms with Gasteiger partial charge in [-0.15, -0.1) is 0 Å². The number of H-pyrrole nitrogens is 1. The van der Waals surface area contributed by atoms with Crippen LogP contribution in [0.15, 0.2) is 52.2 Å². The molecule has 1 fully saturated rings. The van der Waals surface area contributed by atoms with Crippen LogP contribution in [0.25, 0.3) is 0 Å². The Morgan fingerprint density at radius 3 is 2.70 bits per heavy atom. The lowest BCUT2D eigenvalue weighted by atomic mass is 10.2. The number of hydrogen-bond acceptors (Lipinski definition) is 3. The van der Waals surface area contributed by atoms with Gasteiger partial charge in [0.05, 0.1) is 6.04 Å². The van der Waals surface area contributed by atoms with E-state index >= 15 is 0 Å². The van der Waals surface area contributed by atoms with Crippen LogP contribution >= 0.6 is 0 Å². The van der Waals surface area contributed by atoms with E-state index in [9.17, 15) is 9.59 Å². The van der Waals surface area contributed by atoms with Crippen molar-refractivity contribution in [2.75, 3.05) is 13.1 Å². The van der Waals surface area contributed by atoms with Crippen LogP contribution in [0.4, 0.5) is 0 Å². The molecule has 1 aromatic carbocycles. The highest BCUT2D eigenvalue weighted by molar-refractivity contribution is 5.14. The van der Waals surface area contributed by atoms with E-state index in [4.69, 9.17) is 0 Å². The monoisotopic (exact) mass is 271 g/mol. The van der Waals surface area contributed by atoms with Crippen molar-refractivity contribution >= 4 is 0 Å². The van der Waals surface area contributed by atoms with Gasteiger partial charge in [0, 0.05) is 31.9 Å². The van der Waals surface area contributed by atoms with E-state index in [1.165, 1.54) is 11.6 Å². The van der Waals surface area contributed by atoms with Crippen LogP contribution in [0.3, 0.4) is 0 Å². The first-order chi connectivity index (χ1) is 9.72. The molecule has 104 valence electrons. The average Bonchev–Trinajstić information content (AvgIpc) is 2.88. The predicted octanol–water partition coefficient (Wildman–Crippen LogP) is 0.984. The molecule has 2 aromatic rings. The van der Waals surface area contributed by atoms with E-state index in [1.807, 2.05) is 18.2 Å². The Labute approximate surface area is 116 Å². The second kappa shape index (κ2) is 5.46. The fourth-order valence-electron chi connectivity index (χ4n) is 2.74. The molecule has 1 saturated heterocycles. The zero-order valence-corrected chi connectivity index (χ0v) is 11.2. The van der Waals surface area contributed by atoms with Crippen LogP contribution in [-0.4, -0.2) is 27.5 Å². The molecule has 0 aliphatic carbocycles. The smallest absolute Gasteiger partial charge is 0.297 e. The molecule has 1 aromatic heterocycles. The normalized spacial score (nSPS) is 19.3. The molecule has 0 bridgehead atoms. The van der Waals surface area contributed by atoms with E-state index in [1.54, 1.807) is 10.8 Å². The number of aromatic nitrogens is 2.